The molecule has 2 amide bonds. The maximum atomic E-state index is 12.7. The topological polar surface area (TPSA) is 62.3 Å². The summed E-state index contributed by atoms with van der Waals surface area (Å²) < 4.78 is 0. The van der Waals surface area contributed by atoms with Gasteiger partial charge in [0.15, 0.2) is 0 Å². The van der Waals surface area contributed by atoms with Crippen molar-refractivity contribution in [2.75, 3.05) is 18.4 Å². The molecule has 2 aromatic heterocycles. The molecule has 4 heterocycles. The molecule has 0 saturated carbocycles. The van der Waals surface area contributed by atoms with E-state index in [9.17, 15) is 9.59 Å². The molecule has 6 heteroatoms. The number of hydrogen-bond acceptors (Lipinski definition) is 4. The number of nitrogens with one attached hydrogen (secondary N) is 1. The average molecular weight is 420 g/mol. The molecule has 1 fully saturated rings. The van der Waals surface area contributed by atoms with Gasteiger partial charge < -0.3 is 10.2 Å². The lowest BCUT2D eigenvalue weighted by atomic mass is 9.99. The number of aryl methyl sites for hydroxylation is 2. The monoisotopic (exact) mass is 419 g/mol. The number of nitrogens with zero attached hydrogens (tertiary/aromatic N) is 2. The molecule has 2 unspecified atom stereocenters. The van der Waals surface area contributed by atoms with Gasteiger partial charge in [-0.1, -0.05) is 13.0 Å². The second-order valence-electron chi connectivity index (χ2n) is 8.35. The number of fused-ring (bicyclic) bond motifs is 2. The smallest absolute Gasteiger partial charge is 0.246 e. The molecule has 2 aromatic rings. The zero-order chi connectivity index (χ0) is 20.7. The molecule has 2 atom stereocenters. The van der Waals surface area contributed by atoms with E-state index in [0.717, 1.165) is 37.1 Å². The Kier molecular flexibility index (Phi) is 5.03. The van der Waals surface area contributed by atoms with E-state index in [-0.39, 0.29) is 11.8 Å². The molecule has 3 aliphatic rings. The van der Waals surface area contributed by atoms with Crippen molar-refractivity contribution in [2.24, 2.45) is 11.8 Å². The fourth-order valence-electron chi connectivity index (χ4n) is 4.79. The molecular formula is C24H25N3O2S. The normalized spacial score (nSPS) is 22.8. The summed E-state index contributed by atoms with van der Waals surface area (Å²) in [7, 11) is 0. The van der Waals surface area contributed by atoms with Crippen LogP contribution in [0.5, 0.6) is 0 Å². The van der Waals surface area contributed by atoms with Gasteiger partial charge in [-0.05, 0) is 77.0 Å². The van der Waals surface area contributed by atoms with Crippen molar-refractivity contribution < 1.29 is 9.59 Å². The molecule has 1 N–H and O–H groups in total. The molecule has 0 spiro atoms. The summed E-state index contributed by atoms with van der Waals surface area (Å²) >= 11 is 1.84. The van der Waals surface area contributed by atoms with E-state index in [4.69, 9.17) is 0 Å². The lowest BCUT2D eigenvalue weighted by Gasteiger charge is -2.16. The summed E-state index contributed by atoms with van der Waals surface area (Å²) in [6, 6.07) is 4.24. The Morgan fingerprint density at radius 1 is 1.37 bits per heavy atom. The van der Waals surface area contributed by atoms with Crippen molar-refractivity contribution in [1.82, 2.24) is 9.88 Å². The number of aromatic nitrogens is 1. The largest absolute Gasteiger partial charge is 0.338 e. The Hall–Kier alpha value is -2.73. The Morgan fingerprint density at radius 2 is 2.27 bits per heavy atom. The van der Waals surface area contributed by atoms with Crippen LogP contribution in [0, 0.1) is 11.8 Å². The lowest BCUT2D eigenvalue weighted by Crippen LogP contribution is -2.27. The van der Waals surface area contributed by atoms with Crippen LogP contribution in [0.3, 0.4) is 0 Å². The van der Waals surface area contributed by atoms with Gasteiger partial charge in [0.2, 0.25) is 11.8 Å². The summed E-state index contributed by atoms with van der Waals surface area (Å²) in [5, 5.41) is 4.97. The molecule has 5 nitrogen and oxygen atoms in total. The first-order valence-corrected chi connectivity index (χ1v) is 11.5. The molecular weight excluding hydrogens is 394 g/mol. The number of anilines is 1. The highest BCUT2D eigenvalue weighted by atomic mass is 32.1. The number of allylic oxidation sites excluding steroid dienone is 1. The van der Waals surface area contributed by atoms with Crippen LogP contribution < -0.4 is 5.32 Å². The van der Waals surface area contributed by atoms with E-state index >= 15 is 0 Å². The minimum atomic E-state index is 0.00950. The van der Waals surface area contributed by atoms with Crippen LogP contribution in [0.25, 0.3) is 11.6 Å². The third kappa shape index (κ3) is 3.60. The molecule has 1 saturated heterocycles. The van der Waals surface area contributed by atoms with Gasteiger partial charge in [-0.25, -0.2) is 4.98 Å². The van der Waals surface area contributed by atoms with Gasteiger partial charge in [-0.2, -0.15) is 0 Å². The van der Waals surface area contributed by atoms with E-state index in [1.54, 1.807) is 12.3 Å². The molecule has 0 aromatic carbocycles. The van der Waals surface area contributed by atoms with Crippen LogP contribution >= 0.6 is 11.3 Å². The highest BCUT2D eigenvalue weighted by Gasteiger charge is 2.38. The zero-order valence-electron chi connectivity index (χ0n) is 17.1. The van der Waals surface area contributed by atoms with Gasteiger partial charge in [0, 0.05) is 36.7 Å². The Balaban J connectivity index is 1.23. The Bertz CT molecular complexity index is 1070. The van der Waals surface area contributed by atoms with E-state index in [1.807, 2.05) is 28.4 Å². The summed E-state index contributed by atoms with van der Waals surface area (Å²) in [5.74, 6) is 1.73. The standard InChI is InChI=1S/C24H25N3O2S/c1-2-16-7-8-30-23(16)18-10-19-13-27(14-20(19)11-18)22(29)6-3-15-9-17-4-5-21(28)26-24(17)25-12-15/h3,6-10,12,19-20H,2,4-5,11,13-14H2,1H3,(H,25,26,28)/b6-3+. The second-order valence-corrected chi connectivity index (χ2v) is 9.27. The molecule has 0 radical (unpaired) electrons. The average Bonchev–Trinajstić information content (AvgIpc) is 3.45. The van der Waals surface area contributed by atoms with Gasteiger partial charge in [0.05, 0.1) is 0 Å². The van der Waals surface area contributed by atoms with Crippen LogP contribution in [0.1, 0.15) is 41.3 Å². The van der Waals surface area contributed by atoms with Crippen molar-refractivity contribution in [2.45, 2.75) is 32.6 Å². The molecule has 1 aliphatic carbocycles. The van der Waals surface area contributed by atoms with Gasteiger partial charge in [0.1, 0.15) is 5.82 Å². The third-order valence-electron chi connectivity index (χ3n) is 6.41. The number of carbonyl (C=O) groups is 2. The predicted molar refractivity (Wildman–Crippen MR) is 120 cm³/mol. The van der Waals surface area contributed by atoms with Crippen LogP contribution in [0.2, 0.25) is 0 Å². The maximum Gasteiger partial charge on any atom is 0.246 e. The quantitative estimate of drug-likeness (QED) is 0.757. The Labute approximate surface area is 180 Å². The maximum absolute atomic E-state index is 12.7. The Morgan fingerprint density at radius 3 is 3.10 bits per heavy atom. The van der Waals surface area contributed by atoms with Crippen LogP contribution in [0.15, 0.2) is 35.9 Å². The fourth-order valence-corrected chi connectivity index (χ4v) is 5.83. The van der Waals surface area contributed by atoms with Gasteiger partial charge in [-0.15, -0.1) is 11.3 Å². The lowest BCUT2D eigenvalue weighted by molar-refractivity contribution is -0.125. The molecule has 2 aliphatic heterocycles. The predicted octanol–water partition coefficient (Wildman–Crippen LogP) is 4.17. The first-order valence-electron chi connectivity index (χ1n) is 10.6. The number of rotatable bonds is 4. The summed E-state index contributed by atoms with van der Waals surface area (Å²) in [6.45, 7) is 3.84. The number of hydrogen-bond donors (Lipinski definition) is 1. The van der Waals surface area contributed by atoms with Crippen LogP contribution in [-0.2, 0) is 22.4 Å². The number of pyridine rings is 1. The van der Waals surface area contributed by atoms with Crippen molar-refractivity contribution in [3.63, 3.8) is 0 Å². The zero-order valence-corrected chi connectivity index (χ0v) is 17.9. The van der Waals surface area contributed by atoms with E-state index in [0.29, 0.717) is 30.5 Å². The number of thiophene rings is 1. The van der Waals surface area contributed by atoms with Crippen molar-refractivity contribution in [1.29, 1.82) is 0 Å². The fraction of sp³-hybridized carbons (Fsp3) is 0.375. The van der Waals surface area contributed by atoms with Gasteiger partial charge in [0.25, 0.3) is 0 Å². The van der Waals surface area contributed by atoms with E-state index in [2.05, 4.69) is 34.7 Å². The SMILES string of the molecule is CCc1ccsc1C1=CC2CN(C(=O)/C=C/c3cnc4c(c3)CCC(=O)N4)CC2C1. The second kappa shape index (κ2) is 7.84. The van der Waals surface area contributed by atoms with Crippen molar-refractivity contribution in [3.8, 4) is 0 Å². The summed E-state index contributed by atoms with van der Waals surface area (Å²) in [4.78, 5) is 31.9. The minimum absolute atomic E-state index is 0.00950. The highest BCUT2D eigenvalue weighted by Crippen LogP contribution is 2.43. The van der Waals surface area contributed by atoms with Crippen molar-refractivity contribution in [3.05, 3.63) is 57.4 Å². The summed E-state index contributed by atoms with van der Waals surface area (Å²) in [5.41, 5.74) is 4.84. The van der Waals surface area contributed by atoms with Gasteiger partial charge >= 0.3 is 0 Å². The first-order chi connectivity index (χ1) is 14.6. The third-order valence-corrected chi connectivity index (χ3v) is 7.44. The number of amides is 2. The minimum Gasteiger partial charge on any atom is -0.338 e. The van der Waals surface area contributed by atoms with E-state index in [1.165, 1.54) is 16.0 Å². The van der Waals surface area contributed by atoms with E-state index < -0.39 is 0 Å². The van der Waals surface area contributed by atoms with Crippen LogP contribution in [0.4, 0.5) is 5.82 Å². The van der Waals surface area contributed by atoms with Crippen molar-refractivity contribution >= 4 is 40.6 Å². The highest BCUT2D eigenvalue weighted by molar-refractivity contribution is 7.11. The van der Waals surface area contributed by atoms with Crippen LogP contribution in [-0.4, -0.2) is 34.8 Å². The molecule has 5 rings (SSSR count). The van der Waals surface area contributed by atoms with Gasteiger partial charge in [-0.3, -0.25) is 9.59 Å². The number of likely N-dealkylation sites (tertiary alicyclic amines) is 1. The molecule has 30 heavy (non-hydrogen) atoms. The number of carbonyl (C=O) groups excluding carboxylic acids is 2. The molecule has 0 bridgehead atoms. The summed E-state index contributed by atoms with van der Waals surface area (Å²) in [6.07, 6.45) is 10.9. The molecule has 154 valence electrons. The first kappa shape index (κ1) is 19.2.